The van der Waals surface area contributed by atoms with Crippen LogP contribution in [0.25, 0.3) is 5.69 Å². The Hall–Kier alpha value is -3.61. The standard InChI is InChI=1S/C20H19N3O4/c1-13-7-5-6-10-15(13)16(12-19(25)26)21-20(27)17-11-18(24)23(22-17)14-8-3-2-4-9-14/h2-11,16,24H,12H2,1H3,(H,21,27)(H,25,26)/t16-/m0/s1. The zero-order valence-corrected chi connectivity index (χ0v) is 14.7. The Kier molecular flexibility index (Phi) is 5.21. The van der Waals surface area contributed by atoms with E-state index in [1.165, 1.54) is 10.7 Å². The molecule has 0 fully saturated rings. The molecular weight excluding hydrogens is 346 g/mol. The zero-order chi connectivity index (χ0) is 19.4. The van der Waals surface area contributed by atoms with Gasteiger partial charge < -0.3 is 15.5 Å². The van der Waals surface area contributed by atoms with Gasteiger partial charge in [0.1, 0.15) is 0 Å². The number of carbonyl (C=O) groups excluding carboxylic acids is 1. The van der Waals surface area contributed by atoms with Crippen molar-refractivity contribution in [2.75, 3.05) is 0 Å². The Morgan fingerprint density at radius 2 is 1.78 bits per heavy atom. The van der Waals surface area contributed by atoms with Gasteiger partial charge >= 0.3 is 5.97 Å². The van der Waals surface area contributed by atoms with Crippen molar-refractivity contribution in [1.29, 1.82) is 0 Å². The van der Waals surface area contributed by atoms with Crippen LogP contribution in [0.5, 0.6) is 5.88 Å². The van der Waals surface area contributed by atoms with Gasteiger partial charge in [-0.1, -0.05) is 42.5 Å². The van der Waals surface area contributed by atoms with Crippen LogP contribution < -0.4 is 5.32 Å². The Labute approximate surface area is 155 Å². The molecule has 0 unspecified atom stereocenters. The first-order valence-corrected chi connectivity index (χ1v) is 8.38. The molecule has 1 amide bonds. The van der Waals surface area contributed by atoms with E-state index in [9.17, 15) is 19.8 Å². The Bertz CT molecular complexity index is 966. The average Bonchev–Trinajstić information content (AvgIpc) is 3.04. The van der Waals surface area contributed by atoms with E-state index in [0.29, 0.717) is 5.69 Å². The van der Waals surface area contributed by atoms with Gasteiger partial charge in [-0.3, -0.25) is 9.59 Å². The summed E-state index contributed by atoms with van der Waals surface area (Å²) in [7, 11) is 0. The van der Waals surface area contributed by atoms with Crippen molar-refractivity contribution < 1.29 is 19.8 Å². The lowest BCUT2D eigenvalue weighted by Crippen LogP contribution is -2.31. The van der Waals surface area contributed by atoms with Crippen LogP contribution in [0.3, 0.4) is 0 Å². The molecule has 1 aromatic heterocycles. The summed E-state index contributed by atoms with van der Waals surface area (Å²) < 4.78 is 1.24. The Morgan fingerprint density at radius 3 is 2.44 bits per heavy atom. The number of nitrogens with one attached hydrogen (secondary N) is 1. The largest absolute Gasteiger partial charge is 0.493 e. The van der Waals surface area contributed by atoms with Gasteiger partial charge in [-0.25, -0.2) is 4.68 Å². The minimum Gasteiger partial charge on any atom is -0.493 e. The highest BCUT2D eigenvalue weighted by molar-refractivity contribution is 5.93. The zero-order valence-electron chi connectivity index (χ0n) is 14.7. The van der Waals surface area contributed by atoms with Crippen LogP contribution in [0.15, 0.2) is 60.7 Å². The number of carbonyl (C=O) groups is 2. The highest BCUT2D eigenvalue weighted by Crippen LogP contribution is 2.22. The number of para-hydroxylation sites is 1. The fourth-order valence-electron chi connectivity index (χ4n) is 2.86. The van der Waals surface area contributed by atoms with Gasteiger partial charge in [0.25, 0.3) is 5.91 Å². The molecule has 0 radical (unpaired) electrons. The smallest absolute Gasteiger partial charge is 0.305 e. The van der Waals surface area contributed by atoms with Crippen molar-refractivity contribution in [2.24, 2.45) is 0 Å². The molecule has 3 rings (SSSR count). The van der Waals surface area contributed by atoms with Crippen LogP contribution in [0, 0.1) is 6.92 Å². The number of aromatic hydroxyl groups is 1. The van der Waals surface area contributed by atoms with E-state index in [1.807, 2.05) is 25.1 Å². The monoisotopic (exact) mass is 365 g/mol. The van der Waals surface area contributed by atoms with Crippen LogP contribution in [0.4, 0.5) is 0 Å². The maximum atomic E-state index is 12.6. The van der Waals surface area contributed by atoms with Gasteiger partial charge in [-0.2, -0.15) is 5.10 Å². The molecular formula is C20H19N3O4. The highest BCUT2D eigenvalue weighted by Gasteiger charge is 2.22. The molecule has 7 heteroatoms. The molecule has 0 spiro atoms. The number of hydrogen-bond acceptors (Lipinski definition) is 4. The predicted molar refractivity (Wildman–Crippen MR) is 98.9 cm³/mol. The lowest BCUT2D eigenvalue weighted by Gasteiger charge is -2.18. The number of amides is 1. The molecule has 0 saturated heterocycles. The lowest BCUT2D eigenvalue weighted by atomic mass is 9.98. The maximum Gasteiger partial charge on any atom is 0.305 e. The summed E-state index contributed by atoms with van der Waals surface area (Å²) in [6.45, 7) is 1.85. The Morgan fingerprint density at radius 1 is 1.11 bits per heavy atom. The number of aryl methyl sites for hydroxylation is 1. The molecule has 0 saturated carbocycles. The molecule has 0 aliphatic heterocycles. The molecule has 0 aliphatic carbocycles. The summed E-state index contributed by atoms with van der Waals surface area (Å²) in [5.74, 6) is -1.77. The summed E-state index contributed by atoms with van der Waals surface area (Å²) in [5, 5.41) is 26.1. The summed E-state index contributed by atoms with van der Waals surface area (Å²) in [6.07, 6.45) is -0.262. The van der Waals surface area contributed by atoms with E-state index in [4.69, 9.17) is 0 Å². The van der Waals surface area contributed by atoms with E-state index < -0.39 is 17.9 Å². The number of benzene rings is 2. The van der Waals surface area contributed by atoms with E-state index >= 15 is 0 Å². The highest BCUT2D eigenvalue weighted by atomic mass is 16.4. The van der Waals surface area contributed by atoms with E-state index in [2.05, 4.69) is 10.4 Å². The van der Waals surface area contributed by atoms with E-state index in [0.717, 1.165) is 11.1 Å². The number of nitrogens with zero attached hydrogens (tertiary/aromatic N) is 2. The van der Waals surface area contributed by atoms with Crippen LogP contribution >= 0.6 is 0 Å². The second-order valence-corrected chi connectivity index (χ2v) is 6.12. The van der Waals surface area contributed by atoms with Crippen molar-refractivity contribution in [1.82, 2.24) is 15.1 Å². The molecule has 3 aromatic rings. The Balaban J connectivity index is 1.86. The van der Waals surface area contributed by atoms with E-state index in [1.54, 1.807) is 36.4 Å². The average molecular weight is 365 g/mol. The molecule has 1 heterocycles. The molecule has 0 aliphatic rings. The van der Waals surface area contributed by atoms with Gasteiger partial charge in [0.2, 0.25) is 5.88 Å². The maximum absolute atomic E-state index is 12.6. The number of rotatable bonds is 6. The third-order valence-corrected chi connectivity index (χ3v) is 4.17. The first kappa shape index (κ1) is 18.2. The van der Waals surface area contributed by atoms with Crippen molar-refractivity contribution in [3.63, 3.8) is 0 Å². The summed E-state index contributed by atoms with van der Waals surface area (Å²) in [4.78, 5) is 23.9. The number of aliphatic carboxylic acids is 1. The molecule has 2 aromatic carbocycles. The van der Waals surface area contributed by atoms with Gasteiger partial charge in [-0.15, -0.1) is 0 Å². The van der Waals surface area contributed by atoms with Crippen LogP contribution in [-0.2, 0) is 4.79 Å². The molecule has 3 N–H and O–H groups in total. The second kappa shape index (κ2) is 7.74. The topological polar surface area (TPSA) is 104 Å². The number of carboxylic acid groups (broad SMARTS) is 1. The fourth-order valence-corrected chi connectivity index (χ4v) is 2.86. The first-order valence-electron chi connectivity index (χ1n) is 8.38. The SMILES string of the molecule is Cc1ccccc1[C@H](CC(=O)O)NC(=O)c1cc(O)n(-c2ccccc2)n1. The fraction of sp³-hybridized carbons (Fsp3) is 0.150. The molecule has 0 bridgehead atoms. The molecule has 1 atom stereocenters. The second-order valence-electron chi connectivity index (χ2n) is 6.12. The molecule has 7 nitrogen and oxygen atoms in total. The lowest BCUT2D eigenvalue weighted by molar-refractivity contribution is -0.137. The first-order chi connectivity index (χ1) is 13.0. The van der Waals surface area contributed by atoms with Crippen LogP contribution in [0.1, 0.15) is 34.1 Å². The number of aromatic nitrogens is 2. The van der Waals surface area contributed by atoms with Crippen LogP contribution in [0.2, 0.25) is 0 Å². The quantitative estimate of drug-likeness (QED) is 0.623. The third kappa shape index (κ3) is 4.14. The summed E-state index contributed by atoms with van der Waals surface area (Å²) >= 11 is 0. The van der Waals surface area contributed by atoms with Crippen molar-refractivity contribution >= 4 is 11.9 Å². The minimum absolute atomic E-state index is 0.000302. The van der Waals surface area contributed by atoms with Gasteiger partial charge in [0.15, 0.2) is 5.69 Å². The number of carboxylic acids is 1. The molecule has 138 valence electrons. The van der Waals surface area contributed by atoms with Crippen molar-refractivity contribution in [3.05, 3.63) is 77.5 Å². The normalized spacial score (nSPS) is 11.7. The summed E-state index contributed by atoms with van der Waals surface area (Å²) in [6, 6.07) is 16.7. The van der Waals surface area contributed by atoms with Gasteiger partial charge in [-0.05, 0) is 30.2 Å². The van der Waals surface area contributed by atoms with Crippen molar-refractivity contribution in [2.45, 2.75) is 19.4 Å². The third-order valence-electron chi connectivity index (χ3n) is 4.17. The van der Waals surface area contributed by atoms with Gasteiger partial charge in [0, 0.05) is 6.07 Å². The number of hydrogen-bond donors (Lipinski definition) is 3. The van der Waals surface area contributed by atoms with Gasteiger partial charge in [0.05, 0.1) is 18.2 Å². The molecule has 27 heavy (non-hydrogen) atoms. The van der Waals surface area contributed by atoms with E-state index in [-0.39, 0.29) is 18.0 Å². The van der Waals surface area contributed by atoms with Crippen molar-refractivity contribution in [3.8, 4) is 11.6 Å². The predicted octanol–water partition coefficient (Wildman–Crippen LogP) is 2.83. The van der Waals surface area contributed by atoms with Crippen LogP contribution in [-0.4, -0.2) is 31.9 Å². The minimum atomic E-state index is -1.03. The summed E-state index contributed by atoms with van der Waals surface area (Å²) in [5.41, 5.74) is 2.21.